The van der Waals surface area contributed by atoms with Crippen LogP contribution in [0.3, 0.4) is 0 Å². The van der Waals surface area contributed by atoms with Gasteiger partial charge in [0.2, 0.25) is 0 Å². The number of pyridine rings is 1. The van der Waals surface area contributed by atoms with Crippen LogP contribution in [0.15, 0.2) is 47.1 Å². The normalized spacial score (nSPS) is 13.5. The van der Waals surface area contributed by atoms with E-state index in [4.69, 9.17) is 0 Å². The Kier molecular flexibility index (Phi) is 5.09. The summed E-state index contributed by atoms with van der Waals surface area (Å²) in [5.74, 6) is -0.232. The molecule has 21 heavy (non-hydrogen) atoms. The maximum atomic E-state index is 12.2. The van der Waals surface area contributed by atoms with E-state index in [1.54, 1.807) is 32.2 Å². The van der Waals surface area contributed by atoms with Gasteiger partial charge in [0.25, 0.3) is 5.91 Å². The molecule has 1 aromatic heterocycles. The van der Waals surface area contributed by atoms with Crippen LogP contribution in [-0.2, 0) is 0 Å². The fourth-order valence-corrected chi connectivity index (χ4v) is 2.30. The van der Waals surface area contributed by atoms with Crippen molar-refractivity contribution in [3.05, 3.63) is 63.9 Å². The minimum atomic E-state index is -0.765. The summed E-state index contributed by atoms with van der Waals surface area (Å²) in [6.45, 7) is 3.56. The monoisotopic (exact) mass is 348 g/mol. The number of hydrogen-bond donors (Lipinski definition) is 2. The molecular weight excluding hydrogens is 332 g/mol. The Morgan fingerprint density at radius 1 is 1.29 bits per heavy atom. The number of aliphatic hydroxyl groups is 1. The Balaban J connectivity index is 2.07. The van der Waals surface area contributed by atoms with Crippen molar-refractivity contribution in [1.82, 2.24) is 10.3 Å². The fraction of sp³-hybridized carbons (Fsp3) is 0.250. The van der Waals surface area contributed by atoms with E-state index in [0.717, 1.165) is 10.0 Å². The molecule has 0 saturated heterocycles. The third kappa shape index (κ3) is 3.89. The lowest BCUT2D eigenvalue weighted by Crippen LogP contribution is -2.37. The van der Waals surface area contributed by atoms with E-state index in [-0.39, 0.29) is 5.91 Å². The number of aromatic nitrogens is 1. The quantitative estimate of drug-likeness (QED) is 0.892. The summed E-state index contributed by atoms with van der Waals surface area (Å²) < 4.78 is 0.945. The predicted octanol–water partition coefficient (Wildman–Crippen LogP) is 3.00. The van der Waals surface area contributed by atoms with E-state index in [9.17, 15) is 9.90 Å². The van der Waals surface area contributed by atoms with E-state index in [1.807, 2.05) is 24.3 Å². The number of rotatable bonds is 4. The van der Waals surface area contributed by atoms with Crippen molar-refractivity contribution in [3.8, 4) is 0 Å². The first-order valence-electron chi connectivity index (χ1n) is 6.65. The van der Waals surface area contributed by atoms with Gasteiger partial charge >= 0.3 is 0 Å². The maximum absolute atomic E-state index is 12.2. The van der Waals surface area contributed by atoms with Crippen LogP contribution in [0.4, 0.5) is 0 Å². The van der Waals surface area contributed by atoms with Crippen molar-refractivity contribution >= 4 is 21.8 Å². The van der Waals surface area contributed by atoms with Crippen molar-refractivity contribution in [2.75, 3.05) is 0 Å². The molecule has 5 heteroatoms. The Labute approximate surface area is 132 Å². The highest BCUT2D eigenvalue weighted by molar-refractivity contribution is 9.10. The summed E-state index contributed by atoms with van der Waals surface area (Å²) >= 11 is 3.35. The summed E-state index contributed by atoms with van der Waals surface area (Å²) in [5.41, 5.74) is 1.95. The number of carbonyl (C=O) groups is 1. The zero-order valence-corrected chi connectivity index (χ0v) is 13.5. The highest BCUT2D eigenvalue weighted by Gasteiger charge is 2.20. The molecule has 1 heterocycles. The second-order valence-corrected chi connectivity index (χ2v) is 5.81. The molecule has 2 rings (SSSR count). The van der Waals surface area contributed by atoms with Crippen LogP contribution in [-0.4, -0.2) is 22.0 Å². The molecule has 0 radical (unpaired) electrons. The Hall–Kier alpha value is -1.72. The van der Waals surface area contributed by atoms with Crippen molar-refractivity contribution in [2.24, 2.45) is 0 Å². The second-order valence-electron chi connectivity index (χ2n) is 4.89. The standard InChI is InChI=1S/C16H17BrN2O2/c1-10-14(4-3-9-18-10)16(21)19-11(2)15(20)12-5-7-13(17)8-6-12/h3-9,11,15,20H,1-2H3,(H,19,21). The van der Waals surface area contributed by atoms with Gasteiger partial charge in [-0.15, -0.1) is 0 Å². The van der Waals surface area contributed by atoms with Gasteiger partial charge < -0.3 is 10.4 Å². The predicted molar refractivity (Wildman–Crippen MR) is 85.0 cm³/mol. The lowest BCUT2D eigenvalue weighted by atomic mass is 10.0. The number of aryl methyl sites for hydroxylation is 1. The van der Waals surface area contributed by atoms with Crippen LogP contribution in [0.2, 0.25) is 0 Å². The van der Waals surface area contributed by atoms with Gasteiger partial charge in [0.1, 0.15) is 0 Å². The Bertz CT molecular complexity index is 628. The number of carbonyl (C=O) groups excluding carboxylic acids is 1. The Morgan fingerprint density at radius 3 is 2.57 bits per heavy atom. The van der Waals surface area contributed by atoms with Gasteiger partial charge in [0.15, 0.2) is 0 Å². The first-order chi connectivity index (χ1) is 9.99. The Morgan fingerprint density at radius 2 is 1.95 bits per heavy atom. The lowest BCUT2D eigenvalue weighted by Gasteiger charge is -2.21. The molecule has 0 fully saturated rings. The minimum Gasteiger partial charge on any atom is -0.386 e. The van der Waals surface area contributed by atoms with E-state index >= 15 is 0 Å². The maximum Gasteiger partial charge on any atom is 0.253 e. The van der Waals surface area contributed by atoms with E-state index in [0.29, 0.717) is 11.3 Å². The van der Waals surface area contributed by atoms with Gasteiger partial charge in [0.05, 0.1) is 17.7 Å². The fourth-order valence-electron chi connectivity index (χ4n) is 2.04. The zero-order valence-electron chi connectivity index (χ0n) is 11.9. The molecule has 0 aliphatic rings. The largest absolute Gasteiger partial charge is 0.386 e. The third-order valence-electron chi connectivity index (χ3n) is 3.30. The molecule has 0 spiro atoms. The second kappa shape index (κ2) is 6.83. The van der Waals surface area contributed by atoms with Gasteiger partial charge in [-0.2, -0.15) is 0 Å². The van der Waals surface area contributed by atoms with Crippen molar-refractivity contribution in [3.63, 3.8) is 0 Å². The van der Waals surface area contributed by atoms with E-state index in [1.165, 1.54) is 0 Å². The van der Waals surface area contributed by atoms with Crippen molar-refractivity contribution in [2.45, 2.75) is 26.0 Å². The molecule has 1 aromatic carbocycles. The first kappa shape index (κ1) is 15.7. The molecule has 4 nitrogen and oxygen atoms in total. The molecule has 0 saturated carbocycles. The highest BCUT2D eigenvalue weighted by Crippen LogP contribution is 2.20. The zero-order chi connectivity index (χ0) is 15.4. The van der Waals surface area contributed by atoms with Gasteiger partial charge in [-0.1, -0.05) is 28.1 Å². The SMILES string of the molecule is Cc1ncccc1C(=O)NC(C)C(O)c1ccc(Br)cc1. The number of benzene rings is 1. The van der Waals surface area contributed by atoms with Crippen molar-refractivity contribution in [1.29, 1.82) is 0 Å². The van der Waals surface area contributed by atoms with Gasteiger partial charge in [-0.3, -0.25) is 9.78 Å². The van der Waals surface area contributed by atoms with Gasteiger partial charge in [0, 0.05) is 16.4 Å². The molecule has 2 aromatic rings. The molecular formula is C16H17BrN2O2. The van der Waals surface area contributed by atoms with Crippen LogP contribution in [0.25, 0.3) is 0 Å². The smallest absolute Gasteiger partial charge is 0.253 e. The third-order valence-corrected chi connectivity index (χ3v) is 3.82. The van der Waals surface area contributed by atoms with Gasteiger partial charge in [-0.25, -0.2) is 0 Å². The number of amides is 1. The topological polar surface area (TPSA) is 62.2 Å². The summed E-state index contributed by atoms with van der Waals surface area (Å²) in [6, 6.07) is 10.4. The summed E-state index contributed by atoms with van der Waals surface area (Å²) in [5, 5.41) is 13.1. The molecule has 110 valence electrons. The van der Waals surface area contributed by atoms with Crippen LogP contribution in [0.5, 0.6) is 0 Å². The number of aliphatic hydroxyl groups excluding tert-OH is 1. The lowest BCUT2D eigenvalue weighted by molar-refractivity contribution is 0.0851. The van der Waals surface area contributed by atoms with E-state index in [2.05, 4.69) is 26.2 Å². The molecule has 2 N–H and O–H groups in total. The van der Waals surface area contributed by atoms with Crippen molar-refractivity contribution < 1.29 is 9.90 Å². The molecule has 0 aliphatic heterocycles. The molecule has 0 aliphatic carbocycles. The number of hydrogen-bond acceptors (Lipinski definition) is 3. The van der Waals surface area contributed by atoms with Crippen LogP contribution in [0, 0.1) is 6.92 Å². The summed E-state index contributed by atoms with van der Waals surface area (Å²) in [4.78, 5) is 16.3. The van der Waals surface area contributed by atoms with Crippen LogP contribution >= 0.6 is 15.9 Å². The minimum absolute atomic E-state index is 0.232. The van der Waals surface area contributed by atoms with Crippen LogP contribution in [0.1, 0.15) is 34.6 Å². The first-order valence-corrected chi connectivity index (χ1v) is 7.44. The number of nitrogens with one attached hydrogen (secondary N) is 1. The number of halogens is 1. The molecule has 0 bridgehead atoms. The summed E-state index contributed by atoms with van der Waals surface area (Å²) in [7, 11) is 0. The summed E-state index contributed by atoms with van der Waals surface area (Å²) in [6.07, 6.45) is 0.880. The molecule has 2 atom stereocenters. The average Bonchev–Trinajstić information content (AvgIpc) is 2.47. The highest BCUT2D eigenvalue weighted by atomic mass is 79.9. The number of nitrogens with zero attached hydrogens (tertiary/aromatic N) is 1. The molecule has 1 amide bonds. The molecule has 2 unspecified atom stereocenters. The van der Waals surface area contributed by atoms with Crippen LogP contribution < -0.4 is 5.32 Å². The van der Waals surface area contributed by atoms with Gasteiger partial charge in [-0.05, 0) is 43.7 Å². The van der Waals surface area contributed by atoms with E-state index < -0.39 is 12.1 Å². The average molecular weight is 349 g/mol.